The van der Waals surface area contributed by atoms with Gasteiger partial charge in [-0.25, -0.2) is 0 Å². The molecule has 162 valence electrons. The van der Waals surface area contributed by atoms with E-state index in [9.17, 15) is 9.59 Å². The molecule has 0 aliphatic heterocycles. The van der Waals surface area contributed by atoms with Crippen LogP contribution >= 0.6 is 0 Å². The normalized spacial score (nSPS) is 11.5. The van der Waals surface area contributed by atoms with Gasteiger partial charge in [-0.2, -0.15) is 0 Å². The van der Waals surface area contributed by atoms with Gasteiger partial charge < -0.3 is 24.4 Å². The van der Waals surface area contributed by atoms with E-state index in [0.717, 1.165) is 5.56 Å². The van der Waals surface area contributed by atoms with Gasteiger partial charge >= 0.3 is 0 Å². The maximum Gasteiger partial charge on any atom is 0.261 e. The van der Waals surface area contributed by atoms with E-state index >= 15 is 0 Å². The number of ether oxygens (including phenoxy) is 3. The highest BCUT2D eigenvalue weighted by Gasteiger charge is 2.27. The molecule has 0 unspecified atom stereocenters. The Labute approximate surface area is 177 Å². The molecular weight excluding hydrogens is 384 g/mol. The highest BCUT2D eigenvalue weighted by atomic mass is 16.5. The minimum atomic E-state index is -0.674. The molecule has 2 aromatic rings. The van der Waals surface area contributed by atoms with E-state index in [-0.39, 0.29) is 31.0 Å². The number of rotatable bonds is 10. The van der Waals surface area contributed by atoms with Crippen LogP contribution in [0.4, 0.5) is 0 Å². The molecule has 0 heterocycles. The van der Waals surface area contributed by atoms with E-state index < -0.39 is 6.04 Å². The predicted molar refractivity (Wildman–Crippen MR) is 115 cm³/mol. The Morgan fingerprint density at radius 1 is 0.967 bits per heavy atom. The quantitative estimate of drug-likeness (QED) is 0.647. The Kier molecular flexibility index (Phi) is 8.53. The predicted octanol–water partition coefficient (Wildman–Crippen LogP) is 3.02. The molecule has 2 amide bonds. The van der Waals surface area contributed by atoms with Crippen LogP contribution in [0.5, 0.6) is 17.2 Å². The number of hydrogen-bond donors (Lipinski definition) is 1. The van der Waals surface area contributed by atoms with Gasteiger partial charge in [-0.3, -0.25) is 9.59 Å². The molecule has 0 aromatic heterocycles. The smallest absolute Gasteiger partial charge is 0.261 e. The molecule has 0 spiro atoms. The lowest BCUT2D eigenvalue weighted by Gasteiger charge is -2.29. The second-order valence-corrected chi connectivity index (χ2v) is 7.15. The van der Waals surface area contributed by atoms with Crippen molar-refractivity contribution in [2.24, 2.45) is 0 Å². The number of amides is 2. The van der Waals surface area contributed by atoms with Crippen molar-refractivity contribution in [3.05, 3.63) is 54.1 Å². The van der Waals surface area contributed by atoms with E-state index in [1.165, 1.54) is 12.0 Å². The van der Waals surface area contributed by atoms with Crippen LogP contribution < -0.4 is 19.5 Å². The van der Waals surface area contributed by atoms with Crippen LogP contribution in [0, 0.1) is 0 Å². The van der Waals surface area contributed by atoms with Gasteiger partial charge in [-0.1, -0.05) is 24.3 Å². The average molecular weight is 415 g/mol. The summed E-state index contributed by atoms with van der Waals surface area (Å²) >= 11 is 0. The SMILES string of the molecule is COc1cccc(CN(C(=O)COc2ccccc2OC)[C@H](C)C(=O)NC(C)C)c1. The second kappa shape index (κ2) is 11.1. The van der Waals surface area contributed by atoms with Gasteiger partial charge in [0.05, 0.1) is 14.2 Å². The fourth-order valence-electron chi connectivity index (χ4n) is 2.92. The van der Waals surface area contributed by atoms with Crippen LogP contribution in [0.1, 0.15) is 26.3 Å². The van der Waals surface area contributed by atoms with Crippen LogP contribution in [0.2, 0.25) is 0 Å². The standard InChI is InChI=1S/C23H30N2O5/c1-16(2)24-23(27)17(3)25(14-18-9-8-10-19(13-18)28-4)22(26)15-30-21-12-7-6-11-20(21)29-5/h6-13,16-17H,14-15H2,1-5H3,(H,24,27)/t17-/m1/s1. The highest BCUT2D eigenvalue weighted by Crippen LogP contribution is 2.26. The van der Waals surface area contributed by atoms with Gasteiger partial charge in [0.1, 0.15) is 11.8 Å². The number of hydrogen-bond acceptors (Lipinski definition) is 5. The van der Waals surface area contributed by atoms with Crippen LogP contribution in [0.15, 0.2) is 48.5 Å². The Morgan fingerprint density at radius 2 is 1.67 bits per heavy atom. The van der Waals surface area contributed by atoms with Gasteiger partial charge in [0.15, 0.2) is 18.1 Å². The van der Waals surface area contributed by atoms with Crippen molar-refractivity contribution in [2.45, 2.75) is 39.4 Å². The van der Waals surface area contributed by atoms with E-state index in [1.54, 1.807) is 32.2 Å². The summed E-state index contributed by atoms with van der Waals surface area (Å²) in [5, 5.41) is 2.86. The highest BCUT2D eigenvalue weighted by molar-refractivity contribution is 5.88. The monoisotopic (exact) mass is 414 g/mol. The largest absolute Gasteiger partial charge is 0.497 e. The topological polar surface area (TPSA) is 77.1 Å². The third kappa shape index (κ3) is 6.40. The Balaban J connectivity index is 2.20. The van der Waals surface area contributed by atoms with Crippen molar-refractivity contribution < 1.29 is 23.8 Å². The Bertz CT molecular complexity index is 853. The van der Waals surface area contributed by atoms with Gasteiger partial charge in [0, 0.05) is 12.6 Å². The number of carbonyl (C=O) groups is 2. The molecule has 0 radical (unpaired) electrons. The first kappa shape index (κ1) is 23.1. The van der Waals surface area contributed by atoms with Crippen molar-refractivity contribution >= 4 is 11.8 Å². The first-order valence-electron chi connectivity index (χ1n) is 9.84. The zero-order chi connectivity index (χ0) is 22.1. The van der Waals surface area contributed by atoms with Crippen molar-refractivity contribution in [3.8, 4) is 17.2 Å². The lowest BCUT2D eigenvalue weighted by molar-refractivity contribution is -0.142. The molecule has 0 aliphatic carbocycles. The number of benzene rings is 2. The third-order valence-electron chi connectivity index (χ3n) is 4.51. The maximum absolute atomic E-state index is 13.1. The Hall–Kier alpha value is -3.22. The summed E-state index contributed by atoms with van der Waals surface area (Å²) in [6, 6.07) is 13.8. The molecule has 1 atom stereocenters. The lowest BCUT2D eigenvalue weighted by atomic mass is 10.1. The molecule has 0 bridgehead atoms. The summed E-state index contributed by atoms with van der Waals surface area (Å²) in [5.74, 6) is 1.15. The Morgan fingerprint density at radius 3 is 2.30 bits per heavy atom. The van der Waals surface area contributed by atoms with Crippen molar-refractivity contribution in [1.82, 2.24) is 10.2 Å². The molecule has 30 heavy (non-hydrogen) atoms. The van der Waals surface area contributed by atoms with Crippen molar-refractivity contribution in [3.63, 3.8) is 0 Å². The van der Waals surface area contributed by atoms with E-state index in [0.29, 0.717) is 17.2 Å². The fourth-order valence-corrected chi connectivity index (χ4v) is 2.92. The molecule has 7 heteroatoms. The number of nitrogens with zero attached hydrogens (tertiary/aromatic N) is 1. The third-order valence-corrected chi connectivity index (χ3v) is 4.51. The molecule has 0 aliphatic rings. The minimum Gasteiger partial charge on any atom is -0.497 e. The maximum atomic E-state index is 13.1. The molecule has 0 fully saturated rings. The summed E-state index contributed by atoms with van der Waals surface area (Å²) in [5.41, 5.74) is 0.851. The van der Waals surface area contributed by atoms with Gasteiger partial charge in [0.25, 0.3) is 5.91 Å². The average Bonchev–Trinajstić information content (AvgIpc) is 2.75. The zero-order valence-electron chi connectivity index (χ0n) is 18.2. The number of carbonyl (C=O) groups excluding carboxylic acids is 2. The molecule has 2 aromatic carbocycles. The molecule has 0 saturated heterocycles. The van der Waals surface area contributed by atoms with Crippen LogP contribution in [-0.4, -0.2) is 49.6 Å². The zero-order valence-corrected chi connectivity index (χ0v) is 18.2. The molecular formula is C23H30N2O5. The molecule has 1 N–H and O–H groups in total. The molecule has 7 nitrogen and oxygen atoms in total. The minimum absolute atomic E-state index is 0.0291. The summed E-state index contributed by atoms with van der Waals surface area (Å²) in [7, 11) is 3.12. The van der Waals surface area contributed by atoms with Crippen molar-refractivity contribution in [1.29, 1.82) is 0 Å². The van der Waals surface area contributed by atoms with Crippen LogP contribution in [0.25, 0.3) is 0 Å². The van der Waals surface area contributed by atoms with E-state index in [4.69, 9.17) is 14.2 Å². The van der Waals surface area contributed by atoms with E-state index in [1.807, 2.05) is 44.2 Å². The number of para-hydroxylation sites is 2. The number of methoxy groups -OCH3 is 2. The van der Waals surface area contributed by atoms with Crippen LogP contribution in [-0.2, 0) is 16.1 Å². The molecule has 2 rings (SSSR count). The van der Waals surface area contributed by atoms with Gasteiger partial charge in [-0.15, -0.1) is 0 Å². The second-order valence-electron chi connectivity index (χ2n) is 7.15. The molecule has 0 saturated carbocycles. The summed E-state index contributed by atoms with van der Waals surface area (Å²) in [6.07, 6.45) is 0. The summed E-state index contributed by atoms with van der Waals surface area (Å²) < 4.78 is 16.2. The first-order valence-corrected chi connectivity index (χ1v) is 9.84. The fraction of sp³-hybridized carbons (Fsp3) is 0.391. The first-order chi connectivity index (χ1) is 14.3. The number of nitrogens with one attached hydrogen (secondary N) is 1. The summed E-state index contributed by atoms with van der Waals surface area (Å²) in [6.45, 7) is 5.49. The van der Waals surface area contributed by atoms with Gasteiger partial charge in [0.2, 0.25) is 5.91 Å². The lowest BCUT2D eigenvalue weighted by Crippen LogP contribution is -2.50. The van der Waals surface area contributed by atoms with Gasteiger partial charge in [-0.05, 0) is 50.6 Å². The summed E-state index contributed by atoms with van der Waals surface area (Å²) in [4.78, 5) is 27.2. The van der Waals surface area contributed by atoms with E-state index in [2.05, 4.69) is 5.32 Å². The van der Waals surface area contributed by atoms with Crippen LogP contribution in [0.3, 0.4) is 0 Å². The van der Waals surface area contributed by atoms with Crippen molar-refractivity contribution in [2.75, 3.05) is 20.8 Å².